The van der Waals surface area contributed by atoms with Crippen molar-refractivity contribution < 1.29 is 23.0 Å². The molecule has 13 nitrogen and oxygen atoms in total. The van der Waals surface area contributed by atoms with Crippen LogP contribution in [0.5, 0.6) is 23.0 Å². The van der Waals surface area contributed by atoms with Crippen LogP contribution in [0, 0.1) is 11.8 Å². The standard InChI is InChI=1S/C43H42F2N10O3/c44-23-33(54-17-13-25(14-18-54)39-29-5-1-3-7-35(29)57-37-21-27(9-11-31(37)39)42-46-50-51-47-42)41(56)34(24-45)55-19-15-26(16-20-55)40-30-6-2-4-8-36(30)58-38-22-28(10-12-32(38)40)43-48-52-53-49-43/h1-12,21-22,25-26,33-34,39-40H,13-20,23-24H2,(H,46,47,50,51)(H,48,49,52,53). The van der Waals surface area contributed by atoms with Crippen LogP contribution in [-0.4, -0.2) is 108 Å². The van der Waals surface area contributed by atoms with Gasteiger partial charge in [0, 0.05) is 45.2 Å². The number of H-pyrrole nitrogens is 2. The third kappa shape index (κ3) is 6.51. The monoisotopic (exact) mass is 784 g/mol. The van der Waals surface area contributed by atoms with E-state index in [1.807, 2.05) is 70.5 Å². The first-order chi connectivity index (χ1) is 28.6. The van der Waals surface area contributed by atoms with Gasteiger partial charge in [0.2, 0.25) is 11.6 Å². The maximum atomic E-state index is 15.0. The highest BCUT2D eigenvalue weighted by atomic mass is 19.1. The highest BCUT2D eigenvalue weighted by Crippen LogP contribution is 2.52. The van der Waals surface area contributed by atoms with Crippen LogP contribution >= 0.6 is 0 Å². The van der Waals surface area contributed by atoms with E-state index < -0.39 is 25.4 Å². The summed E-state index contributed by atoms with van der Waals surface area (Å²) < 4.78 is 42.8. The molecular weight excluding hydrogens is 743 g/mol. The lowest BCUT2D eigenvalue weighted by atomic mass is 9.74. The fraction of sp³-hybridized carbons (Fsp3) is 0.372. The van der Waals surface area contributed by atoms with Crippen molar-refractivity contribution in [3.63, 3.8) is 0 Å². The first-order valence-electron chi connectivity index (χ1n) is 20.0. The third-order valence-corrected chi connectivity index (χ3v) is 12.8. The molecular formula is C43H42F2N10O3. The number of carbonyl (C=O) groups excluding carboxylic acids is 1. The Kier molecular flexibility index (Phi) is 9.69. The molecule has 296 valence electrons. The van der Waals surface area contributed by atoms with Gasteiger partial charge >= 0.3 is 0 Å². The molecule has 2 N–H and O–H groups in total. The number of ether oxygens (including phenoxy) is 2. The fourth-order valence-electron chi connectivity index (χ4n) is 9.91. The Balaban J connectivity index is 0.820. The fourth-order valence-corrected chi connectivity index (χ4v) is 9.91. The molecule has 0 bridgehead atoms. The van der Waals surface area contributed by atoms with E-state index in [2.05, 4.69) is 65.5 Å². The molecule has 6 heterocycles. The average Bonchev–Trinajstić information content (AvgIpc) is 4.02. The Morgan fingerprint density at radius 3 is 1.41 bits per heavy atom. The summed E-state index contributed by atoms with van der Waals surface area (Å²) >= 11 is 0. The van der Waals surface area contributed by atoms with Gasteiger partial charge in [-0.3, -0.25) is 14.6 Å². The number of rotatable bonds is 10. The molecule has 2 fully saturated rings. The molecule has 10 rings (SSSR count). The molecule has 6 aromatic rings. The predicted octanol–water partition coefficient (Wildman–Crippen LogP) is 6.89. The third-order valence-electron chi connectivity index (χ3n) is 12.8. The Morgan fingerprint density at radius 2 is 1.02 bits per heavy atom. The number of halogens is 2. The van der Waals surface area contributed by atoms with Crippen LogP contribution in [0.4, 0.5) is 8.78 Å². The number of hydrogen-bond acceptors (Lipinski definition) is 11. The number of alkyl halides is 2. The number of likely N-dealkylation sites (tertiary alicyclic amines) is 2. The van der Waals surface area contributed by atoms with Crippen molar-refractivity contribution in [2.45, 2.75) is 49.6 Å². The molecule has 4 aliphatic heterocycles. The quantitative estimate of drug-likeness (QED) is 0.150. The second-order valence-corrected chi connectivity index (χ2v) is 15.7. The van der Waals surface area contributed by atoms with Crippen LogP contribution in [0.3, 0.4) is 0 Å². The van der Waals surface area contributed by atoms with Crippen molar-refractivity contribution in [3.8, 4) is 45.8 Å². The number of tetrazole rings is 2. The Morgan fingerprint density at radius 1 is 0.603 bits per heavy atom. The van der Waals surface area contributed by atoms with Crippen molar-refractivity contribution in [1.82, 2.24) is 51.0 Å². The number of nitrogens with zero attached hydrogens (tertiary/aromatic N) is 8. The number of aromatic amines is 2. The van der Waals surface area contributed by atoms with Gasteiger partial charge < -0.3 is 9.47 Å². The van der Waals surface area contributed by atoms with Gasteiger partial charge in [-0.25, -0.2) is 8.78 Å². The normalized spacial score (nSPS) is 20.8. The number of benzene rings is 4. The van der Waals surface area contributed by atoms with Crippen molar-refractivity contribution in [1.29, 1.82) is 0 Å². The first-order valence-corrected chi connectivity index (χ1v) is 20.0. The number of nitrogens with one attached hydrogen (secondary N) is 2. The van der Waals surface area contributed by atoms with Crippen molar-refractivity contribution in [3.05, 3.63) is 107 Å². The van der Waals surface area contributed by atoms with E-state index >= 15 is 0 Å². The highest BCUT2D eigenvalue weighted by molar-refractivity contribution is 5.89. The van der Waals surface area contributed by atoms with E-state index in [0.29, 0.717) is 37.8 Å². The summed E-state index contributed by atoms with van der Waals surface area (Å²) in [7, 11) is 0. The smallest absolute Gasteiger partial charge is 0.204 e. The van der Waals surface area contributed by atoms with Crippen LogP contribution in [0.1, 0.15) is 59.8 Å². The average molecular weight is 785 g/mol. The maximum Gasteiger partial charge on any atom is 0.204 e. The lowest BCUT2D eigenvalue weighted by molar-refractivity contribution is -0.132. The summed E-state index contributed by atoms with van der Waals surface area (Å²) in [5.41, 5.74) is 5.97. The molecule has 4 unspecified atom stereocenters. The number of hydrogen-bond donors (Lipinski definition) is 2. The second kappa shape index (κ2) is 15.4. The van der Waals surface area contributed by atoms with Gasteiger partial charge in [-0.2, -0.15) is 10.4 Å². The Labute approximate surface area is 333 Å². The number of fused-ring (bicyclic) bond motifs is 4. The van der Waals surface area contributed by atoms with Crippen molar-refractivity contribution in [2.75, 3.05) is 39.5 Å². The number of Topliss-reactive ketones (excluding diaryl/α,β-unsaturated/α-hetero) is 1. The molecule has 0 saturated carbocycles. The molecule has 15 heteroatoms. The van der Waals surface area contributed by atoms with Gasteiger partial charge in [-0.05, 0) is 98.4 Å². The lowest BCUT2D eigenvalue weighted by Crippen LogP contribution is -2.56. The van der Waals surface area contributed by atoms with Gasteiger partial charge in [0.25, 0.3) is 0 Å². The minimum Gasteiger partial charge on any atom is -0.457 e. The molecule has 2 aromatic heterocycles. The molecule has 2 saturated heterocycles. The molecule has 0 amide bonds. The summed E-state index contributed by atoms with van der Waals surface area (Å²) in [5.74, 6) is 4.29. The minimum absolute atomic E-state index is 0.0583. The lowest BCUT2D eigenvalue weighted by Gasteiger charge is -2.43. The molecule has 58 heavy (non-hydrogen) atoms. The largest absolute Gasteiger partial charge is 0.457 e. The second-order valence-electron chi connectivity index (χ2n) is 15.7. The molecule has 0 aliphatic carbocycles. The summed E-state index contributed by atoms with van der Waals surface area (Å²) in [6, 6.07) is 26.2. The van der Waals surface area contributed by atoms with Crippen LogP contribution in [-0.2, 0) is 4.79 Å². The zero-order chi connectivity index (χ0) is 39.2. The zero-order valence-electron chi connectivity index (χ0n) is 31.7. The first kappa shape index (κ1) is 36.4. The van der Waals surface area contributed by atoms with Gasteiger partial charge in [0.05, 0.1) is 12.1 Å². The van der Waals surface area contributed by atoms with E-state index in [4.69, 9.17) is 9.47 Å². The molecule has 0 radical (unpaired) electrons. The number of ketones is 1. The maximum absolute atomic E-state index is 15.0. The number of para-hydroxylation sites is 2. The van der Waals surface area contributed by atoms with E-state index in [-0.39, 0.29) is 29.5 Å². The summed E-state index contributed by atoms with van der Waals surface area (Å²) in [6.45, 7) is 0.467. The van der Waals surface area contributed by atoms with Gasteiger partial charge in [0.15, 0.2) is 5.78 Å². The summed E-state index contributed by atoms with van der Waals surface area (Å²) in [6.07, 6.45) is 3.02. The predicted molar refractivity (Wildman–Crippen MR) is 209 cm³/mol. The molecule has 0 spiro atoms. The minimum atomic E-state index is -0.992. The van der Waals surface area contributed by atoms with E-state index in [1.165, 1.54) is 0 Å². The van der Waals surface area contributed by atoms with Gasteiger partial charge in [-0.15, -0.1) is 20.4 Å². The highest BCUT2D eigenvalue weighted by Gasteiger charge is 2.42. The van der Waals surface area contributed by atoms with Crippen molar-refractivity contribution in [2.24, 2.45) is 11.8 Å². The molecule has 4 aliphatic rings. The number of aromatic nitrogens is 8. The van der Waals surface area contributed by atoms with Crippen LogP contribution in [0.15, 0.2) is 84.9 Å². The molecule has 4 aromatic carbocycles. The topological polar surface area (TPSA) is 151 Å². The van der Waals surface area contributed by atoms with Crippen molar-refractivity contribution >= 4 is 5.78 Å². The Bertz CT molecular complexity index is 2230. The summed E-state index contributed by atoms with van der Waals surface area (Å²) in [4.78, 5) is 18.0. The van der Waals surface area contributed by atoms with E-state index in [9.17, 15) is 13.6 Å². The van der Waals surface area contributed by atoms with E-state index in [1.54, 1.807) is 0 Å². The van der Waals surface area contributed by atoms with Gasteiger partial charge in [-0.1, -0.05) is 60.7 Å². The van der Waals surface area contributed by atoms with Crippen LogP contribution < -0.4 is 9.47 Å². The number of piperidine rings is 2. The van der Waals surface area contributed by atoms with Gasteiger partial charge in [0.1, 0.15) is 36.3 Å². The van der Waals surface area contributed by atoms with Crippen LogP contribution in [0.2, 0.25) is 0 Å². The van der Waals surface area contributed by atoms with E-state index in [0.717, 1.165) is 82.1 Å². The summed E-state index contributed by atoms with van der Waals surface area (Å²) in [5, 5.41) is 28.9. The molecule has 4 atom stereocenters. The number of carbonyl (C=O) groups is 1. The SMILES string of the molecule is O=C(C(CF)N1CCC(C2c3ccccc3Oc3cc(-c4nn[nH]n4)ccc32)CC1)C(CF)N1CCC(C2c3ccccc3Oc3cc(-c4nn[nH]n4)ccc32)CC1. The van der Waals surface area contributed by atoms with Crippen LogP contribution in [0.25, 0.3) is 22.8 Å². The zero-order valence-corrected chi connectivity index (χ0v) is 31.7. The Hall–Kier alpha value is -5.93.